The molecule has 0 atom stereocenters. The molecule has 6 nitrogen and oxygen atoms in total. The Morgan fingerprint density at radius 1 is 1.61 bits per heavy atom. The fourth-order valence-electron chi connectivity index (χ4n) is 1.23. The fraction of sp³-hybridized carbons (Fsp3) is 0.300. The first-order chi connectivity index (χ1) is 8.69. The van der Waals surface area contributed by atoms with Crippen LogP contribution in [0.5, 0.6) is 0 Å². The highest BCUT2D eigenvalue weighted by molar-refractivity contribution is 7.17. The number of carbonyl (C=O) groups excluding carboxylic acids is 1. The lowest BCUT2D eigenvalue weighted by atomic mass is 10.4. The number of thiophene rings is 1. The summed E-state index contributed by atoms with van der Waals surface area (Å²) in [6.45, 7) is 0.447. The molecule has 2 rings (SSSR count). The molecular formula is C10H10ClN3O3S. The summed E-state index contributed by atoms with van der Waals surface area (Å²) >= 11 is 6.96. The Labute approximate surface area is 112 Å². The molecule has 0 fully saturated rings. The number of halogens is 1. The van der Waals surface area contributed by atoms with Gasteiger partial charge in [0.25, 0.3) is 11.8 Å². The fourth-order valence-corrected chi connectivity index (χ4v) is 2.19. The highest BCUT2D eigenvalue weighted by Crippen LogP contribution is 2.21. The first kappa shape index (κ1) is 13.0. The number of aromatic nitrogens is 2. The minimum atomic E-state index is -0.218. The van der Waals surface area contributed by atoms with Gasteiger partial charge in [0.1, 0.15) is 6.61 Å². The Morgan fingerprint density at radius 3 is 3.11 bits per heavy atom. The molecule has 0 radical (unpaired) electrons. The van der Waals surface area contributed by atoms with Crippen molar-refractivity contribution in [3.05, 3.63) is 33.1 Å². The van der Waals surface area contributed by atoms with E-state index >= 15 is 0 Å². The number of nitrogens with zero attached hydrogens (tertiary/aromatic N) is 2. The van der Waals surface area contributed by atoms with Crippen molar-refractivity contribution >= 4 is 28.8 Å². The standard InChI is InChI=1S/C10H10ClN3O3S/c1-16-5-9-13-8(14-17-9)4-12-10(15)6-2-3-7(11)18-6/h2-3H,4-5H2,1H3,(H,12,15). The minimum Gasteiger partial charge on any atom is -0.375 e. The van der Waals surface area contributed by atoms with E-state index in [0.29, 0.717) is 20.9 Å². The summed E-state index contributed by atoms with van der Waals surface area (Å²) in [6.07, 6.45) is 0. The summed E-state index contributed by atoms with van der Waals surface area (Å²) in [5.41, 5.74) is 0. The number of methoxy groups -OCH3 is 1. The van der Waals surface area contributed by atoms with Crippen molar-refractivity contribution in [1.29, 1.82) is 0 Å². The molecule has 8 heteroatoms. The van der Waals surface area contributed by atoms with Crippen LogP contribution in [0.3, 0.4) is 0 Å². The number of rotatable bonds is 5. The van der Waals surface area contributed by atoms with Gasteiger partial charge in [-0.05, 0) is 12.1 Å². The quantitative estimate of drug-likeness (QED) is 0.908. The summed E-state index contributed by atoms with van der Waals surface area (Å²) in [6, 6.07) is 3.33. The Balaban J connectivity index is 1.88. The van der Waals surface area contributed by atoms with Crippen LogP contribution in [0.4, 0.5) is 0 Å². The molecule has 0 aliphatic carbocycles. The van der Waals surface area contributed by atoms with Crippen LogP contribution in [0, 0.1) is 0 Å². The summed E-state index contributed by atoms with van der Waals surface area (Å²) < 4.78 is 10.3. The number of ether oxygens (including phenoxy) is 1. The van der Waals surface area contributed by atoms with E-state index in [4.69, 9.17) is 20.9 Å². The van der Waals surface area contributed by atoms with Crippen LogP contribution >= 0.6 is 22.9 Å². The van der Waals surface area contributed by atoms with Crippen molar-refractivity contribution in [3.8, 4) is 0 Å². The van der Waals surface area contributed by atoms with Crippen LogP contribution in [0.2, 0.25) is 4.34 Å². The normalized spacial score (nSPS) is 10.6. The predicted octanol–water partition coefficient (Wildman–Crippen LogP) is 1.86. The largest absolute Gasteiger partial charge is 0.375 e. The van der Waals surface area contributed by atoms with Crippen molar-refractivity contribution < 1.29 is 14.1 Å². The van der Waals surface area contributed by atoms with E-state index in [1.54, 1.807) is 12.1 Å². The smallest absolute Gasteiger partial charge is 0.261 e. The zero-order valence-electron chi connectivity index (χ0n) is 9.47. The number of hydrogen-bond donors (Lipinski definition) is 1. The maximum absolute atomic E-state index is 11.7. The van der Waals surface area contributed by atoms with Gasteiger partial charge in [0.15, 0.2) is 5.82 Å². The van der Waals surface area contributed by atoms with Gasteiger partial charge in [-0.25, -0.2) is 0 Å². The zero-order valence-corrected chi connectivity index (χ0v) is 11.0. The summed E-state index contributed by atoms with van der Waals surface area (Å²) in [7, 11) is 1.53. The van der Waals surface area contributed by atoms with Crippen molar-refractivity contribution in [2.24, 2.45) is 0 Å². The monoisotopic (exact) mass is 287 g/mol. The second-order valence-corrected chi connectivity index (χ2v) is 5.04. The molecule has 0 unspecified atom stereocenters. The van der Waals surface area contributed by atoms with Crippen molar-refractivity contribution in [1.82, 2.24) is 15.5 Å². The average Bonchev–Trinajstić information content (AvgIpc) is 2.96. The first-order valence-electron chi connectivity index (χ1n) is 5.03. The van der Waals surface area contributed by atoms with Gasteiger partial charge in [0, 0.05) is 7.11 Å². The SMILES string of the molecule is COCc1nc(CNC(=O)c2ccc(Cl)s2)no1. The Hall–Kier alpha value is -1.44. The molecule has 2 aromatic rings. The topological polar surface area (TPSA) is 77.2 Å². The maximum Gasteiger partial charge on any atom is 0.261 e. The van der Waals surface area contributed by atoms with E-state index in [2.05, 4.69) is 15.5 Å². The first-order valence-corrected chi connectivity index (χ1v) is 6.22. The second kappa shape index (κ2) is 5.94. The molecule has 96 valence electrons. The third-order valence-corrected chi connectivity index (χ3v) is 3.21. The van der Waals surface area contributed by atoms with Gasteiger partial charge in [-0.3, -0.25) is 4.79 Å². The highest BCUT2D eigenvalue weighted by Gasteiger charge is 2.10. The molecule has 0 aromatic carbocycles. The van der Waals surface area contributed by atoms with Crippen LogP contribution in [0.1, 0.15) is 21.4 Å². The molecule has 0 saturated heterocycles. The molecule has 2 heterocycles. The molecular weight excluding hydrogens is 278 g/mol. The Morgan fingerprint density at radius 2 is 2.44 bits per heavy atom. The molecule has 0 saturated carbocycles. The number of amides is 1. The lowest BCUT2D eigenvalue weighted by molar-refractivity contribution is 0.0953. The Kier molecular flexibility index (Phi) is 4.29. The molecule has 0 bridgehead atoms. The molecule has 1 amide bonds. The third kappa shape index (κ3) is 3.28. The van der Waals surface area contributed by atoms with Crippen LogP contribution in [-0.4, -0.2) is 23.2 Å². The molecule has 0 aliphatic rings. The van der Waals surface area contributed by atoms with E-state index in [1.165, 1.54) is 18.4 Å². The van der Waals surface area contributed by atoms with Gasteiger partial charge in [-0.1, -0.05) is 16.8 Å². The van der Waals surface area contributed by atoms with Gasteiger partial charge in [0.05, 0.1) is 15.8 Å². The van der Waals surface area contributed by atoms with Gasteiger partial charge >= 0.3 is 0 Å². The van der Waals surface area contributed by atoms with Gasteiger partial charge in [-0.2, -0.15) is 4.98 Å². The third-order valence-electron chi connectivity index (χ3n) is 1.98. The molecule has 18 heavy (non-hydrogen) atoms. The molecule has 0 aliphatic heterocycles. The van der Waals surface area contributed by atoms with Gasteiger partial charge in [-0.15, -0.1) is 11.3 Å². The number of hydrogen-bond acceptors (Lipinski definition) is 6. The maximum atomic E-state index is 11.7. The van der Waals surface area contributed by atoms with Crippen LogP contribution in [0.25, 0.3) is 0 Å². The van der Waals surface area contributed by atoms with E-state index in [-0.39, 0.29) is 19.1 Å². The van der Waals surface area contributed by atoms with Gasteiger partial charge < -0.3 is 14.6 Å². The summed E-state index contributed by atoms with van der Waals surface area (Å²) in [5, 5.41) is 6.37. The van der Waals surface area contributed by atoms with Crippen molar-refractivity contribution in [2.75, 3.05) is 7.11 Å². The van der Waals surface area contributed by atoms with E-state index in [1.807, 2.05) is 0 Å². The lowest BCUT2D eigenvalue weighted by Crippen LogP contribution is -2.22. The second-order valence-electron chi connectivity index (χ2n) is 3.32. The highest BCUT2D eigenvalue weighted by atomic mass is 35.5. The number of nitrogens with one attached hydrogen (secondary N) is 1. The van der Waals surface area contributed by atoms with Crippen LogP contribution < -0.4 is 5.32 Å². The van der Waals surface area contributed by atoms with Crippen LogP contribution in [-0.2, 0) is 17.9 Å². The summed E-state index contributed by atoms with van der Waals surface area (Å²) in [5.74, 6) is 0.559. The molecule has 1 N–H and O–H groups in total. The molecule has 2 aromatic heterocycles. The molecule has 0 spiro atoms. The number of carbonyl (C=O) groups is 1. The summed E-state index contributed by atoms with van der Waals surface area (Å²) in [4.78, 5) is 16.3. The predicted molar refractivity (Wildman–Crippen MR) is 65.5 cm³/mol. The van der Waals surface area contributed by atoms with Gasteiger partial charge in [0.2, 0.25) is 0 Å². The minimum absolute atomic E-state index is 0.196. The van der Waals surface area contributed by atoms with Crippen molar-refractivity contribution in [3.63, 3.8) is 0 Å². The lowest BCUT2D eigenvalue weighted by Gasteiger charge is -1.98. The average molecular weight is 288 g/mol. The van der Waals surface area contributed by atoms with Crippen LogP contribution in [0.15, 0.2) is 16.7 Å². The zero-order chi connectivity index (χ0) is 13.0. The van der Waals surface area contributed by atoms with E-state index < -0.39 is 0 Å². The Bertz CT molecular complexity index is 540. The van der Waals surface area contributed by atoms with Crippen molar-refractivity contribution in [2.45, 2.75) is 13.2 Å². The van der Waals surface area contributed by atoms with E-state index in [9.17, 15) is 4.79 Å². The van der Waals surface area contributed by atoms with E-state index in [0.717, 1.165) is 0 Å².